The first-order valence-electron chi connectivity index (χ1n) is 7.15. The molecule has 3 aliphatic heterocycles. The van der Waals surface area contributed by atoms with Gasteiger partial charge in [-0.1, -0.05) is 5.16 Å². The number of nitrogens with zero attached hydrogens (tertiary/aromatic N) is 4. The van der Waals surface area contributed by atoms with Gasteiger partial charge in [-0.05, 0) is 13.8 Å². The summed E-state index contributed by atoms with van der Waals surface area (Å²) in [5, 5.41) is 4.06. The lowest BCUT2D eigenvalue weighted by atomic mass is 10.1. The van der Waals surface area contributed by atoms with Crippen molar-refractivity contribution in [1.82, 2.24) is 19.9 Å². The summed E-state index contributed by atoms with van der Waals surface area (Å²) in [6.07, 6.45) is 0. The Morgan fingerprint density at radius 2 is 2.20 bits per heavy atom. The zero-order valence-electron chi connectivity index (χ0n) is 11.9. The molecule has 0 N–H and O–H groups in total. The fourth-order valence-electron chi connectivity index (χ4n) is 2.79. The number of fused-ring (bicyclic) bond motifs is 3. The summed E-state index contributed by atoms with van der Waals surface area (Å²) in [4.78, 5) is 20.9. The van der Waals surface area contributed by atoms with Crippen molar-refractivity contribution >= 4 is 5.97 Å². The third-order valence-electron chi connectivity index (χ3n) is 4.04. The van der Waals surface area contributed by atoms with Crippen molar-refractivity contribution in [2.75, 3.05) is 39.3 Å². The molecule has 1 aromatic heterocycles. The molecular formula is C13H20N4O3. The SMILES string of the molecule is CCOC(=O)C(C)c1nc(C2CN3CCN2CC3)no1. The third-order valence-corrected chi connectivity index (χ3v) is 4.04. The van der Waals surface area contributed by atoms with E-state index in [9.17, 15) is 4.79 Å². The average molecular weight is 280 g/mol. The Bertz CT molecular complexity index is 482. The molecule has 0 spiro atoms. The quantitative estimate of drug-likeness (QED) is 0.740. The Kier molecular flexibility index (Phi) is 3.71. The summed E-state index contributed by atoms with van der Waals surface area (Å²) < 4.78 is 10.2. The molecule has 4 rings (SSSR count). The lowest BCUT2D eigenvalue weighted by Gasteiger charge is -2.46. The number of ether oxygens (including phenoxy) is 1. The Hall–Kier alpha value is -1.47. The van der Waals surface area contributed by atoms with Crippen LogP contribution in [0.1, 0.15) is 37.5 Å². The molecule has 2 bridgehead atoms. The largest absolute Gasteiger partial charge is 0.465 e. The summed E-state index contributed by atoms with van der Waals surface area (Å²) in [6, 6.07) is 0.185. The van der Waals surface area contributed by atoms with E-state index >= 15 is 0 Å². The summed E-state index contributed by atoms with van der Waals surface area (Å²) in [6.45, 7) is 9.11. The van der Waals surface area contributed by atoms with E-state index in [4.69, 9.17) is 9.26 Å². The van der Waals surface area contributed by atoms with Gasteiger partial charge in [-0.2, -0.15) is 4.98 Å². The normalized spacial score (nSPS) is 30.2. The van der Waals surface area contributed by atoms with Crippen LogP contribution in [0.3, 0.4) is 0 Å². The monoisotopic (exact) mass is 280 g/mol. The number of aromatic nitrogens is 2. The van der Waals surface area contributed by atoms with Crippen LogP contribution in [-0.2, 0) is 9.53 Å². The summed E-state index contributed by atoms with van der Waals surface area (Å²) in [5.41, 5.74) is 0. The van der Waals surface area contributed by atoms with Gasteiger partial charge in [-0.25, -0.2) is 0 Å². The van der Waals surface area contributed by atoms with Gasteiger partial charge in [0.1, 0.15) is 5.92 Å². The van der Waals surface area contributed by atoms with Crippen molar-refractivity contribution in [3.63, 3.8) is 0 Å². The van der Waals surface area contributed by atoms with Gasteiger partial charge in [0.05, 0.1) is 12.6 Å². The van der Waals surface area contributed by atoms with Crippen LogP contribution in [0.5, 0.6) is 0 Å². The zero-order valence-corrected chi connectivity index (χ0v) is 11.9. The van der Waals surface area contributed by atoms with Crippen molar-refractivity contribution < 1.29 is 14.1 Å². The van der Waals surface area contributed by atoms with Gasteiger partial charge < -0.3 is 9.26 Å². The fourth-order valence-corrected chi connectivity index (χ4v) is 2.79. The molecule has 3 aliphatic rings. The maximum atomic E-state index is 11.7. The lowest BCUT2D eigenvalue weighted by Crippen LogP contribution is -2.57. The second kappa shape index (κ2) is 5.49. The lowest BCUT2D eigenvalue weighted by molar-refractivity contribution is -0.145. The zero-order chi connectivity index (χ0) is 14.1. The van der Waals surface area contributed by atoms with E-state index in [-0.39, 0.29) is 12.0 Å². The molecule has 4 heterocycles. The number of piperazine rings is 3. The highest BCUT2D eigenvalue weighted by Crippen LogP contribution is 2.28. The van der Waals surface area contributed by atoms with Crippen LogP contribution >= 0.6 is 0 Å². The predicted octanol–water partition coefficient (Wildman–Crippen LogP) is 0.409. The van der Waals surface area contributed by atoms with E-state index in [1.807, 2.05) is 0 Å². The average Bonchev–Trinajstić information content (AvgIpc) is 2.97. The van der Waals surface area contributed by atoms with Crippen LogP contribution in [0.15, 0.2) is 4.52 Å². The van der Waals surface area contributed by atoms with Crippen LogP contribution in [-0.4, -0.2) is 65.2 Å². The predicted molar refractivity (Wildman–Crippen MR) is 70.1 cm³/mol. The van der Waals surface area contributed by atoms with Crippen LogP contribution in [0.2, 0.25) is 0 Å². The summed E-state index contributed by atoms with van der Waals surface area (Å²) >= 11 is 0. The van der Waals surface area contributed by atoms with Gasteiger partial charge in [0.2, 0.25) is 5.89 Å². The van der Waals surface area contributed by atoms with Gasteiger partial charge >= 0.3 is 5.97 Å². The topological polar surface area (TPSA) is 71.7 Å². The smallest absolute Gasteiger partial charge is 0.318 e. The first kappa shape index (κ1) is 13.5. The third kappa shape index (κ3) is 2.43. The highest BCUT2D eigenvalue weighted by molar-refractivity contribution is 5.76. The van der Waals surface area contributed by atoms with Gasteiger partial charge in [0.15, 0.2) is 5.82 Å². The van der Waals surface area contributed by atoms with E-state index in [0.29, 0.717) is 18.3 Å². The van der Waals surface area contributed by atoms with Crippen LogP contribution < -0.4 is 0 Å². The maximum absolute atomic E-state index is 11.7. The van der Waals surface area contributed by atoms with Crippen molar-refractivity contribution in [2.24, 2.45) is 0 Å². The molecule has 3 saturated heterocycles. The van der Waals surface area contributed by atoms with Crippen molar-refractivity contribution in [3.8, 4) is 0 Å². The molecule has 7 nitrogen and oxygen atoms in total. The molecule has 2 unspecified atom stereocenters. The Labute approximate surface area is 117 Å². The standard InChI is InChI=1S/C13H20N4O3/c1-3-19-13(18)9(2)12-14-11(15-20-12)10-8-16-4-6-17(10)7-5-16/h9-10H,3-8H2,1-2H3. The van der Waals surface area contributed by atoms with Crippen LogP contribution in [0.4, 0.5) is 0 Å². The van der Waals surface area contributed by atoms with Gasteiger partial charge in [-0.15, -0.1) is 0 Å². The minimum Gasteiger partial charge on any atom is -0.465 e. The summed E-state index contributed by atoms with van der Waals surface area (Å²) in [5.74, 6) is 0.195. The van der Waals surface area contributed by atoms with Crippen molar-refractivity contribution in [1.29, 1.82) is 0 Å². The minimum atomic E-state index is -0.507. The molecule has 110 valence electrons. The molecule has 1 aromatic rings. The summed E-state index contributed by atoms with van der Waals surface area (Å²) in [7, 11) is 0. The molecule has 7 heteroatoms. The highest BCUT2D eigenvalue weighted by Gasteiger charge is 2.36. The molecular weight excluding hydrogens is 260 g/mol. The second-order valence-corrected chi connectivity index (χ2v) is 5.32. The minimum absolute atomic E-state index is 0.185. The van der Waals surface area contributed by atoms with Crippen molar-refractivity contribution in [2.45, 2.75) is 25.8 Å². The van der Waals surface area contributed by atoms with Gasteiger partial charge in [-0.3, -0.25) is 14.6 Å². The van der Waals surface area contributed by atoms with E-state index in [0.717, 1.165) is 32.7 Å². The van der Waals surface area contributed by atoms with E-state index in [1.54, 1.807) is 13.8 Å². The fraction of sp³-hybridized carbons (Fsp3) is 0.769. The number of carbonyl (C=O) groups is 1. The molecule has 3 fully saturated rings. The molecule has 0 aliphatic carbocycles. The number of esters is 1. The molecule has 20 heavy (non-hydrogen) atoms. The first-order valence-corrected chi connectivity index (χ1v) is 7.15. The molecule has 0 amide bonds. The first-order chi connectivity index (χ1) is 9.69. The Morgan fingerprint density at radius 3 is 2.80 bits per heavy atom. The molecule has 2 atom stereocenters. The number of hydrogen-bond acceptors (Lipinski definition) is 7. The van der Waals surface area contributed by atoms with Gasteiger partial charge in [0.25, 0.3) is 0 Å². The Morgan fingerprint density at radius 1 is 1.45 bits per heavy atom. The number of carbonyl (C=O) groups excluding carboxylic acids is 1. The Balaban J connectivity index is 1.72. The second-order valence-electron chi connectivity index (χ2n) is 5.32. The van der Waals surface area contributed by atoms with Gasteiger partial charge in [0, 0.05) is 32.7 Å². The van der Waals surface area contributed by atoms with E-state index < -0.39 is 5.92 Å². The number of rotatable bonds is 4. The molecule has 0 radical (unpaired) electrons. The molecule has 0 aromatic carbocycles. The van der Waals surface area contributed by atoms with E-state index in [1.165, 1.54) is 0 Å². The number of hydrogen-bond donors (Lipinski definition) is 0. The highest BCUT2D eigenvalue weighted by atomic mass is 16.5. The van der Waals surface area contributed by atoms with Crippen LogP contribution in [0, 0.1) is 0 Å². The molecule has 0 saturated carbocycles. The van der Waals surface area contributed by atoms with Crippen molar-refractivity contribution in [3.05, 3.63) is 11.7 Å². The van der Waals surface area contributed by atoms with Crippen LogP contribution in [0.25, 0.3) is 0 Å². The maximum Gasteiger partial charge on any atom is 0.318 e. The van der Waals surface area contributed by atoms with E-state index in [2.05, 4.69) is 19.9 Å².